The summed E-state index contributed by atoms with van der Waals surface area (Å²) in [7, 11) is 0. The third kappa shape index (κ3) is 2.79. The average Bonchev–Trinajstić information content (AvgIpc) is 2.55. The fourth-order valence-corrected chi connectivity index (χ4v) is 5.92. The van der Waals surface area contributed by atoms with Gasteiger partial charge in [-0.25, -0.2) is 0 Å². The Morgan fingerprint density at radius 3 is 2.22 bits per heavy atom. The van der Waals surface area contributed by atoms with Crippen LogP contribution >= 0.6 is 0 Å². The van der Waals surface area contributed by atoms with Crippen LogP contribution in [0.4, 0.5) is 0 Å². The Morgan fingerprint density at radius 2 is 1.70 bits per heavy atom. The van der Waals surface area contributed by atoms with Gasteiger partial charge in [0, 0.05) is 25.5 Å². The molecule has 0 aromatic carbocycles. The molecule has 4 saturated carbocycles. The Balaban J connectivity index is 1.46. The van der Waals surface area contributed by atoms with Crippen molar-refractivity contribution in [2.45, 2.75) is 51.9 Å². The number of aromatic nitrogens is 1. The molecule has 0 spiro atoms. The van der Waals surface area contributed by atoms with Crippen molar-refractivity contribution in [3.05, 3.63) is 30.1 Å². The van der Waals surface area contributed by atoms with Gasteiger partial charge in [-0.1, -0.05) is 0 Å². The van der Waals surface area contributed by atoms with Gasteiger partial charge in [0.05, 0.1) is 5.41 Å². The molecular formula is C20H28N2O. The van der Waals surface area contributed by atoms with Gasteiger partial charge in [0.2, 0.25) is 5.91 Å². The number of hydrogen-bond donors (Lipinski definition) is 0. The zero-order valence-electron chi connectivity index (χ0n) is 14.2. The second kappa shape index (κ2) is 5.92. The summed E-state index contributed by atoms with van der Waals surface area (Å²) in [5, 5.41) is 0. The van der Waals surface area contributed by atoms with Crippen LogP contribution < -0.4 is 0 Å². The lowest BCUT2D eigenvalue weighted by Gasteiger charge is -2.56. The Bertz CT molecular complexity index is 533. The van der Waals surface area contributed by atoms with Crippen molar-refractivity contribution >= 4 is 5.91 Å². The number of rotatable bonds is 5. The highest BCUT2D eigenvalue weighted by atomic mass is 16.2. The molecule has 0 saturated heterocycles. The van der Waals surface area contributed by atoms with Crippen molar-refractivity contribution in [3.63, 3.8) is 0 Å². The van der Waals surface area contributed by atoms with Crippen molar-refractivity contribution in [3.8, 4) is 0 Å². The smallest absolute Gasteiger partial charge is 0.228 e. The van der Waals surface area contributed by atoms with Crippen LogP contribution in [0.15, 0.2) is 24.5 Å². The van der Waals surface area contributed by atoms with Gasteiger partial charge in [0.15, 0.2) is 0 Å². The van der Waals surface area contributed by atoms with Crippen LogP contribution in [-0.4, -0.2) is 28.9 Å². The normalized spacial score (nSPS) is 34.6. The first-order valence-corrected chi connectivity index (χ1v) is 9.37. The van der Waals surface area contributed by atoms with Crippen LogP contribution in [0.2, 0.25) is 0 Å². The average molecular weight is 312 g/mol. The molecule has 0 unspecified atom stereocenters. The Morgan fingerprint density at radius 1 is 1.13 bits per heavy atom. The van der Waals surface area contributed by atoms with Gasteiger partial charge in [-0.3, -0.25) is 9.78 Å². The lowest BCUT2D eigenvalue weighted by molar-refractivity contribution is -0.157. The van der Waals surface area contributed by atoms with Gasteiger partial charge in [-0.05, 0) is 87.3 Å². The minimum atomic E-state index is 0.00298. The van der Waals surface area contributed by atoms with Crippen molar-refractivity contribution in [2.75, 3.05) is 13.1 Å². The van der Waals surface area contributed by atoms with Crippen molar-refractivity contribution in [1.82, 2.24) is 9.88 Å². The summed E-state index contributed by atoms with van der Waals surface area (Å²) < 4.78 is 0. The molecule has 0 aliphatic heterocycles. The first kappa shape index (κ1) is 15.2. The van der Waals surface area contributed by atoms with E-state index in [-0.39, 0.29) is 5.41 Å². The van der Waals surface area contributed by atoms with E-state index in [0.29, 0.717) is 5.91 Å². The van der Waals surface area contributed by atoms with E-state index in [1.165, 1.54) is 44.1 Å². The van der Waals surface area contributed by atoms with Gasteiger partial charge >= 0.3 is 0 Å². The number of amides is 1. The van der Waals surface area contributed by atoms with Crippen LogP contribution in [0.3, 0.4) is 0 Å². The molecule has 1 aromatic heterocycles. The van der Waals surface area contributed by atoms with Crippen molar-refractivity contribution in [1.29, 1.82) is 0 Å². The molecule has 4 fully saturated rings. The summed E-state index contributed by atoms with van der Waals surface area (Å²) in [6.45, 7) is 3.82. The van der Waals surface area contributed by atoms with E-state index in [1.807, 2.05) is 12.4 Å². The molecular weight excluding hydrogens is 284 g/mol. The van der Waals surface area contributed by atoms with Crippen LogP contribution in [-0.2, 0) is 11.2 Å². The summed E-state index contributed by atoms with van der Waals surface area (Å²) in [5.41, 5.74) is 1.28. The predicted molar refractivity (Wildman–Crippen MR) is 90.8 cm³/mol. The molecule has 23 heavy (non-hydrogen) atoms. The molecule has 0 N–H and O–H groups in total. The molecule has 4 bridgehead atoms. The summed E-state index contributed by atoms with van der Waals surface area (Å²) in [6, 6.07) is 4.12. The van der Waals surface area contributed by atoms with Crippen LogP contribution in [0, 0.1) is 23.2 Å². The van der Waals surface area contributed by atoms with E-state index in [0.717, 1.165) is 37.3 Å². The predicted octanol–water partition coefficient (Wildman–Crippen LogP) is 3.69. The maximum atomic E-state index is 13.4. The quantitative estimate of drug-likeness (QED) is 0.831. The number of carbonyl (C=O) groups is 1. The van der Waals surface area contributed by atoms with E-state index in [2.05, 4.69) is 28.9 Å². The molecule has 1 amide bonds. The highest BCUT2D eigenvalue weighted by Crippen LogP contribution is 2.60. The molecule has 3 nitrogen and oxygen atoms in total. The van der Waals surface area contributed by atoms with E-state index in [9.17, 15) is 4.79 Å². The largest absolute Gasteiger partial charge is 0.342 e. The second-order valence-electron chi connectivity index (χ2n) is 8.19. The third-order valence-corrected chi connectivity index (χ3v) is 6.58. The first-order valence-electron chi connectivity index (χ1n) is 9.37. The minimum absolute atomic E-state index is 0.00298. The zero-order valence-corrected chi connectivity index (χ0v) is 14.2. The van der Waals surface area contributed by atoms with Gasteiger partial charge < -0.3 is 4.90 Å². The maximum absolute atomic E-state index is 13.4. The van der Waals surface area contributed by atoms with Crippen LogP contribution in [0.5, 0.6) is 0 Å². The SMILES string of the molecule is CCN(CCc1ccncc1)C(=O)C12CC3CC(CC(C3)C1)C2. The van der Waals surface area contributed by atoms with Crippen molar-refractivity contribution < 1.29 is 4.79 Å². The summed E-state index contributed by atoms with van der Waals surface area (Å²) >= 11 is 0. The van der Waals surface area contributed by atoms with Gasteiger partial charge in [-0.2, -0.15) is 0 Å². The molecule has 0 atom stereocenters. The Hall–Kier alpha value is -1.38. The third-order valence-electron chi connectivity index (χ3n) is 6.58. The van der Waals surface area contributed by atoms with Crippen LogP contribution in [0.1, 0.15) is 51.0 Å². The molecule has 1 heterocycles. The molecule has 4 aliphatic rings. The lowest BCUT2D eigenvalue weighted by Crippen LogP contribution is -2.54. The zero-order chi connectivity index (χ0) is 15.9. The van der Waals surface area contributed by atoms with E-state index in [1.54, 1.807) is 0 Å². The van der Waals surface area contributed by atoms with Gasteiger partial charge in [-0.15, -0.1) is 0 Å². The molecule has 1 aromatic rings. The van der Waals surface area contributed by atoms with E-state index in [4.69, 9.17) is 0 Å². The maximum Gasteiger partial charge on any atom is 0.228 e. The van der Waals surface area contributed by atoms with Gasteiger partial charge in [0.25, 0.3) is 0 Å². The molecule has 0 radical (unpaired) electrons. The Kier molecular flexibility index (Phi) is 3.90. The topological polar surface area (TPSA) is 33.2 Å². The molecule has 4 aliphatic carbocycles. The number of carbonyl (C=O) groups excluding carboxylic acids is 1. The first-order chi connectivity index (χ1) is 11.2. The standard InChI is InChI=1S/C20H28N2O/c1-2-22(8-5-15-3-6-21-7-4-15)19(23)20-12-16-9-17(13-20)11-18(10-16)14-20/h3-4,6-7,16-18H,2,5,8-14H2,1H3. The summed E-state index contributed by atoms with van der Waals surface area (Å²) in [4.78, 5) is 19.6. The van der Waals surface area contributed by atoms with Crippen molar-refractivity contribution in [2.24, 2.45) is 23.2 Å². The Labute approximate surface area is 139 Å². The fraction of sp³-hybridized carbons (Fsp3) is 0.700. The lowest BCUT2D eigenvalue weighted by atomic mass is 9.49. The monoisotopic (exact) mass is 312 g/mol. The highest BCUT2D eigenvalue weighted by molar-refractivity contribution is 5.83. The molecule has 5 rings (SSSR count). The fourth-order valence-electron chi connectivity index (χ4n) is 5.92. The summed E-state index contributed by atoms with van der Waals surface area (Å²) in [6.07, 6.45) is 12.3. The minimum Gasteiger partial charge on any atom is -0.342 e. The number of pyridine rings is 1. The molecule has 124 valence electrons. The van der Waals surface area contributed by atoms with Crippen LogP contribution in [0.25, 0.3) is 0 Å². The van der Waals surface area contributed by atoms with Gasteiger partial charge in [0.1, 0.15) is 0 Å². The van der Waals surface area contributed by atoms with E-state index < -0.39 is 0 Å². The molecule has 3 heteroatoms. The number of hydrogen-bond acceptors (Lipinski definition) is 2. The number of nitrogens with zero attached hydrogens (tertiary/aromatic N) is 2. The van der Waals surface area contributed by atoms with E-state index >= 15 is 0 Å². The second-order valence-corrected chi connectivity index (χ2v) is 8.19. The number of likely N-dealkylation sites (N-methyl/N-ethyl adjacent to an activating group) is 1. The highest BCUT2D eigenvalue weighted by Gasteiger charge is 2.55. The summed E-state index contributed by atoms with van der Waals surface area (Å²) in [5.74, 6) is 2.98.